The maximum Gasteiger partial charge on any atom is 0.252 e. The fraction of sp³-hybridized carbons (Fsp3) is 0.105. The molecule has 0 spiro atoms. The Morgan fingerprint density at radius 1 is 0.225 bits per heavy atom. The van der Waals surface area contributed by atoms with Crippen LogP contribution in [-0.4, -0.2) is 15.8 Å². The zero-order valence-electron chi connectivity index (χ0n) is 68.9. The molecule has 0 radical (unpaired) electrons. The van der Waals surface area contributed by atoms with Gasteiger partial charge in [0.1, 0.15) is 0 Å². The highest BCUT2D eigenvalue weighted by molar-refractivity contribution is 7.25. The third-order valence-corrected chi connectivity index (χ3v) is 27.2. The van der Waals surface area contributed by atoms with E-state index in [1.165, 1.54) is 108 Å². The Labute approximate surface area is 705 Å². The fourth-order valence-corrected chi connectivity index (χ4v) is 20.9. The molecular weight excluding hydrogens is 1470 g/mol. The fourth-order valence-electron chi connectivity index (χ4n) is 19.9. The van der Waals surface area contributed by atoms with Crippen molar-refractivity contribution in [1.82, 2.24) is 9.13 Å². The molecule has 4 nitrogen and oxygen atoms in total. The topological polar surface area (TPSA) is 16.3 Å². The van der Waals surface area contributed by atoms with E-state index in [1.54, 1.807) is 0 Å². The third kappa shape index (κ3) is 11.4. The quantitative estimate of drug-likeness (QED) is 0.154. The molecule has 17 aromatic carbocycles. The lowest BCUT2D eigenvalue weighted by Gasteiger charge is -2.47. The van der Waals surface area contributed by atoms with Crippen LogP contribution in [0.4, 0.5) is 34.1 Å². The van der Waals surface area contributed by atoms with Gasteiger partial charge in [0.15, 0.2) is 0 Å². The minimum Gasteiger partial charge on any atom is -0.310 e. The van der Waals surface area contributed by atoms with Crippen LogP contribution in [0.5, 0.6) is 0 Å². The first kappa shape index (κ1) is 71.5. The van der Waals surface area contributed by atoms with E-state index in [0.717, 1.165) is 123 Å². The van der Waals surface area contributed by atoms with Gasteiger partial charge in [-0.3, -0.25) is 0 Å². The number of para-hydroxylation sites is 2. The van der Waals surface area contributed by atoms with Gasteiger partial charge < -0.3 is 18.9 Å². The highest BCUT2D eigenvalue weighted by atomic mass is 32.1. The van der Waals surface area contributed by atoms with E-state index in [1.807, 2.05) is 11.3 Å². The largest absolute Gasteiger partial charge is 0.310 e. The van der Waals surface area contributed by atoms with Crippen molar-refractivity contribution in [3.63, 3.8) is 0 Å². The molecule has 0 atom stereocenters. The highest BCUT2D eigenvalue weighted by Crippen LogP contribution is 2.57. The number of hydrogen-bond donors (Lipinski definition) is 0. The monoisotopic (exact) mass is 1550 g/mol. The van der Waals surface area contributed by atoms with Crippen LogP contribution < -0.4 is 26.2 Å². The lowest BCUT2D eigenvalue weighted by molar-refractivity contribution is 0.590. The summed E-state index contributed by atoms with van der Waals surface area (Å²) >= 11 is 1.88. The average Bonchev–Trinajstić information content (AvgIpc) is 0.788. The summed E-state index contributed by atoms with van der Waals surface area (Å²) in [4.78, 5) is 5.55. The number of nitrogens with zero attached hydrogens (tertiary/aromatic N) is 4. The second-order valence-electron chi connectivity index (χ2n) is 36.4. The van der Waals surface area contributed by atoms with E-state index in [2.05, 4.69) is 445 Å². The molecule has 23 rings (SSSR count). The average molecular weight is 1560 g/mol. The second-order valence-corrected chi connectivity index (χ2v) is 37.5. The van der Waals surface area contributed by atoms with Crippen molar-refractivity contribution in [3.8, 4) is 100 Å². The van der Waals surface area contributed by atoms with E-state index in [9.17, 15) is 0 Å². The first-order chi connectivity index (χ1) is 58.4. The maximum atomic E-state index is 2.78. The molecule has 0 aliphatic carbocycles. The van der Waals surface area contributed by atoms with Gasteiger partial charge in [-0.05, 0) is 237 Å². The molecule has 13 bridgehead atoms. The lowest BCUT2D eigenvalue weighted by atomic mass is 9.33. The SMILES string of the molecule is CC(C)(C)c1cc(-c2ccccc2)c2c(c1)-c1cccc(c1)-c1ccc3sc4ccc(cc4c3c1)-c1cccc(c1)-c1cc(C(C)(C)C)cc(-c3ccccc3)c1N1c3cc(-n4c5ccccc5c5ccc(-c6ccccc6)cc54)ccc3B3c4ccc(-n5c6ccccc6c6ccc(-c7ccccc7)cc65)cc4N2c2cc(C(C)(C)C)cc1c23. The van der Waals surface area contributed by atoms with Crippen molar-refractivity contribution >= 4 is 132 Å². The van der Waals surface area contributed by atoms with Gasteiger partial charge in [0, 0.05) is 98.1 Å². The van der Waals surface area contributed by atoms with E-state index in [4.69, 9.17) is 0 Å². The molecule has 6 heterocycles. The Bertz CT molecular complexity index is 7210. The number of anilines is 6. The van der Waals surface area contributed by atoms with Gasteiger partial charge in [-0.15, -0.1) is 11.3 Å². The zero-order valence-corrected chi connectivity index (χ0v) is 69.7. The third-order valence-electron chi connectivity index (χ3n) is 26.0. The van der Waals surface area contributed by atoms with E-state index in [-0.39, 0.29) is 23.0 Å². The van der Waals surface area contributed by atoms with Crippen LogP contribution in [0.1, 0.15) is 79.0 Å². The molecule has 0 saturated carbocycles. The molecule has 0 amide bonds. The standard InChI is InChI=1S/C114H87BN4S/c1-112(2,3)82-62-91(72-32-18-12-19-33-72)110-93(64-82)80-38-26-36-74(56-80)76-46-54-107-95(58-76)96-59-77(47-55-108(96)120-107)75-37-27-39-81(57-75)94-65-83(113(4,5)6)63-92(73-34-20-13-21-35-73)111(94)119-104-69-86(117-100-43-25-23-41-88(100)90-51-45-79(61-102(90)117)71-30-16-11-17-31-71)49-53-98(104)115-97-52-48-85(68-103(97)118(110)105-66-84(114(7,8)9)67-106(119)109(105)115)116-99-42-24-22-40-87(99)89-50-44-78(60-101(89)116)70-28-14-10-15-29-70/h10-69H,1-9H3. The molecule has 0 fully saturated rings. The van der Waals surface area contributed by atoms with Crippen LogP contribution in [0.15, 0.2) is 364 Å². The van der Waals surface area contributed by atoms with Gasteiger partial charge in [0.05, 0.1) is 33.4 Å². The van der Waals surface area contributed by atoms with Crippen molar-refractivity contribution in [1.29, 1.82) is 0 Å². The van der Waals surface area contributed by atoms with Gasteiger partial charge in [-0.1, -0.05) is 305 Å². The molecular formula is C114H87BN4S. The summed E-state index contributed by atoms with van der Waals surface area (Å²) in [5.41, 5.74) is 38.6. The number of hydrogen-bond acceptors (Lipinski definition) is 3. The normalized spacial score (nSPS) is 13.0. The van der Waals surface area contributed by atoms with Crippen LogP contribution in [-0.2, 0) is 16.2 Å². The Hall–Kier alpha value is -13.8. The summed E-state index contributed by atoms with van der Waals surface area (Å²) in [6.07, 6.45) is 0. The maximum absolute atomic E-state index is 2.78. The van der Waals surface area contributed by atoms with Gasteiger partial charge in [0.2, 0.25) is 0 Å². The van der Waals surface area contributed by atoms with Gasteiger partial charge in [-0.25, -0.2) is 0 Å². The Morgan fingerprint density at radius 3 is 0.958 bits per heavy atom. The predicted molar refractivity (Wildman–Crippen MR) is 515 cm³/mol. The van der Waals surface area contributed by atoms with E-state index < -0.39 is 0 Å². The van der Waals surface area contributed by atoms with Crippen LogP contribution in [0, 0.1) is 0 Å². The van der Waals surface area contributed by atoms with Gasteiger partial charge >= 0.3 is 0 Å². The summed E-state index contributed by atoms with van der Waals surface area (Å²) in [6.45, 7) is 21.3. The van der Waals surface area contributed by atoms with Crippen molar-refractivity contribution in [3.05, 3.63) is 381 Å². The molecule has 0 saturated heterocycles. The molecule has 0 N–H and O–H groups in total. The van der Waals surface area contributed by atoms with Crippen molar-refractivity contribution in [2.45, 2.75) is 78.6 Å². The molecule has 0 unspecified atom stereocenters. The Kier molecular flexibility index (Phi) is 16.0. The molecule has 3 aliphatic heterocycles. The smallest absolute Gasteiger partial charge is 0.252 e. The summed E-state index contributed by atoms with van der Waals surface area (Å²) in [5.74, 6) is 0. The zero-order chi connectivity index (χ0) is 80.8. The number of rotatable bonds is 6. The first-order valence-corrected chi connectivity index (χ1v) is 43.1. The first-order valence-electron chi connectivity index (χ1n) is 42.3. The Balaban J connectivity index is 0.920. The summed E-state index contributed by atoms with van der Waals surface area (Å²) < 4.78 is 7.65. The lowest BCUT2D eigenvalue weighted by Crippen LogP contribution is -2.61. The van der Waals surface area contributed by atoms with Crippen LogP contribution in [0.2, 0.25) is 0 Å². The number of benzene rings is 17. The number of aromatic nitrogens is 2. The molecule has 572 valence electrons. The summed E-state index contributed by atoms with van der Waals surface area (Å²) in [5, 5.41) is 7.37. The van der Waals surface area contributed by atoms with E-state index >= 15 is 0 Å². The molecule has 3 aromatic heterocycles. The summed E-state index contributed by atoms with van der Waals surface area (Å²) in [6, 6.07) is 141. The number of fused-ring (bicyclic) bond motifs is 26. The van der Waals surface area contributed by atoms with Crippen LogP contribution >= 0.6 is 11.3 Å². The van der Waals surface area contributed by atoms with Crippen molar-refractivity contribution < 1.29 is 0 Å². The van der Waals surface area contributed by atoms with Crippen molar-refractivity contribution in [2.24, 2.45) is 0 Å². The van der Waals surface area contributed by atoms with Gasteiger partial charge in [-0.2, -0.15) is 0 Å². The minimum atomic E-state index is -0.386. The Morgan fingerprint density at radius 2 is 0.550 bits per heavy atom. The van der Waals surface area contributed by atoms with Crippen LogP contribution in [0.3, 0.4) is 0 Å². The molecule has 3 aliphatic rings. The summed E-state index contributed by atoms with van der Waals surface area (Å²) in [7, 11) is 0. The van der Waals surface area contributed by atoms with Gasteiger partial charge in [0.25, 0.3) is 6.71 Å². The van der Waals surface area contributed by atoms with E-state index in [0.29, 0.717) is 0 Å². The van der Waals surface area contributed by atoms with Crippen molar-refractivity contribution in [2.75, 3.05) is 9.80 Å². The minimum absolute atomic E-state index is 0.261. The molecule has 120 heavy (non-hydrogen) atoms. The highest BCUT2D eigenvalue weighted by Gasteiger charge is 2.47. The van der Waals surface area contributed by atoms with Crippen LogP contribution in [0.25, 0.3) is 164 Å². The molecule has 6 heteroatoms. The second kappa shape index (κ2) is 26.9. The number of thiophene rings is 1. The predicted octanol–water partition coefficient (Wildman–Crippen LogP) is 29.9. The molecule has 20 aromatic rings.